The van der Waals surface area contributed by atoms with E-state index in [9.17, 15) is 10.1 Å². The molecule has 2 saturated heterocycles. The van der Waals surface area contributed by atoms with Crippen molar-refractivity contribution < 1.29 is 9.53 Å². The quantitative estimate of drug-likeness (QED) is 0.438. The summed E-state index contributed by atoms with van der Waals surface area (Å²) in [4.78, 5) is 30.4. The molecule has 41 heavy (non-hydrogen) atoms. The molecule has 9 heteroatoms. The van der Waals surface area contributed by atoms with Gasteiger partial charge in [0, 0.05) is 42.8 Å². The lowest BCUT2D eigenvalue weighted by Gasteiger charge is -2.42. The Balaban J connectivity index is 0.000000500. The molecule has 0 bridgehead atoms. The Kier molecular flexibility index (Phi) is 9.00. The molecule has 9 nitrogen and oxygen atoms in total. The lowest BCUT2D eigenvalue weighted by molar-refractivity contribution is -0.128. The first kappa shape index (κ1) is 28.4. The molecule has 3 aliphatic rings. The molecule has 3 aromatic rings. The van der Waals surface area contributed by atoms with E-state index in [0.29, 0.717) is 32.2 Å². The number of benzene rings is 2. The first-order valence-electron chi connectivity index (χ1n) is 14.4. The normalized spacial score (nSPS) is 18.8. The molecular weight excluding hydrogens is 514 g/mol. The molecule has 1 unspecified atom stereocenters. The minimum absolute atomic E-state index is 0.141. The summed E-state index contributed by atoms with van der Waals surface area (Å²) in [6.07, 6.45) is 5.20. The number of hydrogen-bond acceptors (Lipinski definition) is 8. The maximum atomic E-state index is 12.3. The van der Waals surface area contributed by atoms with Gasteiger partial charge < -0.3 is 24.3 Å². The zero-order valence-corrected chi connectivity index (χ0v) is 24.1. The van der Waals surface area contributed by atoms with Gasteiger partial charge in [0.15, 0.2) is 0 Å². The number of aromatic nitrogens is 2. The maximum absolute atomic E-state index is 12.3. The Morgan fingerprint density at radius 2 is 1.85 bits per heavy atom. The number of amides is 1. The third kappa shape index (κ3) is 6.28. The fourth-order valence-electron chi connectivity index (χ4n) is 6.04. The number of nitriles is 1. The van der Waals surface area contributed by atoms with Crippen LogP contribution in [0.3, 0.4) is 0 Å². The molecule has 3 aliphatic heterocycles. The summed E-state index contributed by atoms with van der Waals surface area (Å²) < 4.78 is 5.48. The van der Waals surface area contributed by atoms with E-state index in [1.54, 1.807) is 12.0 Å². The smallest absolute Gasteiger partial charge is 0.318 e. The van der Waals surface area contributed by atoms with Crippen LogP contribution >= 0.6 is 0 Å². The number of hydrogen-bond donors (Lipinski definition) is 0. The van der Waals surface area contributed by atoms with E-state index in [1.807, 2.05) is 0 Å². The number of ether oxygens (including phenoxy) is 1. The van der Waals surface area contributed by atoms with Crippen molar-refractivity contribution in [2.75, 3.05) is 63.2 Å². The van der Waals surface area contributed by atoms with Crippen LogP contribution in [0.2, 0.25) is 0 Å². The number of likely N-dealkylation sites (tertiary alicyclic amines) is 1. The first-order chi connectivity index (χ1) is 20.0. The number of nitrogens with zero attached hydrogens (tertiary/aromatic N) is 7. The second kappa shape index (κ2) is 13.0. The van der Waals surface area contributed by atoms with Gasteiger partial charge in [-0.05, 0) is 56.9 Å². The predicted octanol–water partition coefficient (Wildman–Crippen LogP) is 4.03. The lowest BCUT2D eigenvalue weighted by Crippen LogP contribution is -2.55. The number of anilines is 2. The molecule has 0 N–H and O–H groups in total. The lowest BCUT2D eigenvalue weighted by atomic mass is 10.0. The highest BCUT2D eigenvalue weighted by molar-refractivity contribution is 5.94. The van der Waals surface area contributed by atoms with Gasteiger partial charge in [-0.1, -0.05) is 43.0 Å². The number of carbonyl (C=O) groups is 1. The second-order valence-corrected chi connectivity index (χ2v) is 10.8. The predicted molar refractivity (Wildman–Crippen MR) is 162 cm³/mol. The number of rotatable bonds is 5. The zero-order chi connectivity index (χ0) is 28.8. The third-order valence-corrected chi connectivity index (χ3v) is 8.21. The third-order valence-electron chi connectivity index (χ3n) is 8.21. The van der Waals surface area contributed by atoms with Gasteiger partial charge in [-0.2, -0.15) is 15.2 Å². The highest BCUT2D eigenvalue weighted by Gasteiger charge is 2.33. The molecule has 1 atom stereocenters. The largest absolute Gasteiger partial charge is 0.467 e. The number of carbonyl (C=O) groups excluding carboxylic acids is 1. The van der Waals surface area contributed by atoms with E-state index < -0.39 is 0 Å². The monoisotopic (exact) mass is 553 g/mol. The fraction of sp³-hybridized carbons (Fsp3) is 0.438. The SMILES string of the molecule is C=CC(=O)N1CCN(c2nc(OC)nc3c2CCN(c2cccc4ccccc24)C3)CC1CC#N.CN1CCCC1. The average Bonchev–Trinajstić information content (AvgIpc) is 3.50. The highest BCUT2D eigenvalue weighted by Crippen LogP contribution is 2.34. The molecule has 0 saturated carbocycles. The first-order valence-corrected chi connectivity index (χ1v) is 14.4. The summed E-state index contributed by atoms with van der Waals surface area (Å²) in [6, 6.07) is 17.2. The Morgan fingerprint density at radius 1 is 1.07 bits per heavy atom. The molecule has 0 radical (unpaired) electrons. The van der Waals surface area contributed by atoms with Crippen molar-refractivity contribution in [2.24, 2.45) is 0 Å². The molecule has 0 spiro atoms. The van der Waals surface area contributed by atoms with Gasteiger partial charge in [0.1, 0.15) is 5.82 Å². The van der Waals surface area contributed by atoms with Crippen molar-refractivity contribution in [3.8, 4) is 12.1 Å². The van der Waals surface area contributed by atoms with Crippen molar-refractivity contribution in [3.63, 3.8) is 0 Å². The Bertz CT molecular complexity index is 1420. The van der Waals surface area contributed by atoms with Crippen LogP contribution in [0.1, 0.15) is 30.5 Å². The van der Waals surface area contributed by atoms with Gasteiger partial charge >= 0.3 is 6.01 Å². The summed E-state index contributed by atoms with van der Waals surface area (Å²) >= 11 is 0. The summed E-state index contributed by atoms with van der Waals surface area (Å²) in [5, 5.41) is 11.8. The van der Waals surface area contributed by atoms with Crippen LogP contribution in [0, 0.1) is 11.3 Å². The molecule has 2 fully saturated rings. The Labute approximate surface area is 242 Å². The molecular formula is C32H39N7O2. The van der Waals surface area contributed by atoms with Crippen LogP contribution in [0.4, 0.5) is 11.5 Å². The molecule has 0 aliphatic carbocycles. The van der Waals surface area contributed by atoms with Crippen LogP contribution in [0.5, 0.6) is 6.01 Å². The summed E-state index contributed by atoms with van der Waals surface area (Å²) in [5.74, 6) is 0.705. The van der Waals surface area contributed by atoms with Gasteiger partial charge in [-0.25, -0.2) is 0 Å². The van der Waals surface area contributed by atoms with E-state index in [0.717, 1.165) is 30.0 Å². The topological polar surface area (TPSA) is 88.8 Å². The van der Waals surface area contributed by atoms with Gasteiger partial charge in [0.2, 0.25) is 5.91 Å². The van der Waals surface area contributed by atoms with Crippen molar-refractivity contribution in [1.29, 1.82) is 5.26 Å². The molecule has 1 aromatic heterocycles. The molecule has 2 aromatic carbocycles. The Morgan fingerprint density at radius 3 is 2.56 bits per heavy atom. The molecule has 1 amide bonds. The molecule has 4 heterocycles. The molecule has 6 rings (SSSR count). The van der Waals surface area contributed by atoms with E-state index >= 15 is 0 Å². The van der Waals surface area contributed by atoms with E-state index in [2.05, 4.69) is 76.9 Å². The van der Waals surface area contributed by atoms with Crippen LogP contribution in [-0.2, 0) is 17.8 Å². The Hall–Kier alpha value is -4.16. The maximum Gasteiger partial charge on any atom is 0.318 e. The van der Waals surface area contributed by atoms with Gasteiger partial charge in [-0.3, -0.25) is 4.79 Å². The van der Waals surface area contributed by atoms with Crippen LogP contribution in [0.25, 0.3) is 10.8 Å². The van der Waals surface area contributed by atoms with E-state index in [1.165, 1.54) is 48.5 Å². The van der Waals surface area contributed by atoms with E-state index in [4.69, 9.17) is 14.7 Å². The van der Waals surface area contributed by atoms with Crippen molar-refractivity contribution in [3.05, 3.63) is 66.4 Å². The van der Waals surface area contributed by atoms with Gasteiger partial charge in [-0.15, -0.1) is 0 Å². The van der Waals surface area contributed by atoms with Crippen LogP contribution in [-0.4, -0.2) is 85.1 Å². The fourth-order valence-corrected chi connectivity index (χ4v) is 6.04. The number of methoxy groups -OCH3 is 1. The summed E-state index contributed by atoms with van der Waals surface area (Å²) in [6.45, 7) is 9.43. The standard InChI is InChI=1S/C27H28N6O2.C5H11N/c1-3-25(34)33-16-15-32(17-20(33)11-13-28)26-22-12-14-31(18-23(22)29-27(30-26)35-2)24-10-6-8-19-7-4-5-9-21(19)24;1-6-4-2-3-5-6/h3-10,20H,1,11-12,14-18H2,2H3;2-5H2,1H3. The van der Waals surface area contributed by atoms with Crippen molar-refractivity contribution >= 4 is 28.2 Å². The zero-order valence-electron chi connectivity index (χ0n) is 24.1. The highest BCUT2D eigenvalue weighted by atomic mass is 16.5. The summed E-state index contributed by atoms with van der Waals surface area (Å²) in [7, 11) is 3.75. The average molecular weight is 554 g/mol. The van der Waals surface area contributed by atoms with Crippen LogP contribution in [0.15, 0.2) is 55.1 Å². The van der Waals surface area contributed by atoms with Crippen molar-refractivity contribution in [1.82, 2.24) is 19.8 Å². The van der Waals surface area contributed by atoms with Crippen LogP contribution < -0.4 is 14.5 Å². The van der Waals surface area contributed by atoms with Crippen molar-refractivity contribution in [2.45, 2.75) is 38.3 Å². The number of piperazine rings is 1. The minimum atomic E-state index is -0.216. The molecule has 214 valence electrons. The minimum Gasteiger partial charge on any atom is -0.467 e. The second-order valence-electron chi connectivity index (χ2n) is 10.8. The summed E-state index contributed by atoms with van der Waals surface area (Å²) in [5.41, 5.74) is 3.26. The number of fused-ring (bicyclic) bond motifs is 2. The van der Waals surface area contributed by atoms with E-state index in [-0.39, 0.29) is 18.4 Å². The van der Waals surface area contributed by atoms with Gasteiger partial charge in [0.25, 0.3) is 0 Å². The van der Waals surface area contributed by atoms with Gasteiger partial charge in [0.05, 0.1) is 37.9 Å².